The van der Waals surface area contributed by atoms with Gasteiger partial charge in [-0.25, -0.2) is 0 Å². The van der Waals surface area contributed by atoms with Crippen LogP contribution in [0.1, 0.15) is 48.8 Å². The number of aromatic nitrogens is 1. The Morgan fingerprint density at radius 1 is 1.44 bits per heavy atom. The molecule has 0 spiro atoms. The molecule has 0 saturated carbocycles. The van der Waals surface area contributed by atoms with Crippen molar-refractivity contribution in [3.05, 3.63) is 29.1 Å². The maximum atomic E-state index is 12.0. The van der Waals surface area contributed by atoms with E-state index in [9.17, 15) is 4.79 Å². The number of hydrogen-bond acceptors (Lipinski definition) is 2. The minimum atomic E-state index is -0.172. The molecule has 0 atom stereocenters. The Bertz CT molecular complexity index is 397. The summed E-state index contributed by atoms with van der Waals surface area (Å²) in [6.45, 7) is 9.94. The van der Waals surface area contributed by atoms with E-state index in [1.54, 1.807) is 6.20 Å². The molecular formula is C13H20N2O. The Balaban J connectivity index is 2.89. The molecule has 1 heterocycles. The zero-order valence-electron chi connectivity index (χ0n) is 10.7. The maximum Gasteiger partial charge on any atom is 0.253 e. The molecule has 0 bridgehead atoms. The summed E-state index contributed by atoms with van der Waals surface area (Å²) >= 11 is 0. The number of amides is 1. The van der Waals surface area contributed by atoms with Crippen LogP contribution in [-0.2, 0) is 0 Å². The van der Waals surface area contributed by atoms with Crippen LogP contribution in [0.25, 0.3) is 0 Å². The van der Waals surface area contributed by atoms with Crippen molar-refractivity contribution in [1.82, 2.24) is 10.3 Å². The molecule has 1 aromatic rings. The molecule has 0 aliphatic carbocycles. The minimum absolute atomic E-state index is 0.0446. The molecule has 1 rings (SSSR count). The Morgan fingerprint density at radius 2 is 2.06 bits per heavy atom. The molecule has 3 nitrogen and oxygen atoms in total. The van der Waals surface area contributed by atoms with Gasteiger partial charge in [-0.3, -0.25) is 9.78 Å². The molecule has 0 aliphatic heterocycles. The Kier molecular flexibility index (Phi) is 3.68. The van der Waals surface area contributed by atoms with Gasteiger partial charge in [0, 0.05) is 17.4 Å². The second-order valence-corrected chi connectivity index (χ2v) is 4.83. The average molecular weight is 220 g/mol. The summed E-state index contributed by atoms with van der Waals surface area (Å²) in [5.74, 6) is -0.0446. The van der Waals surface area contributed by atoms with Crippen molar-refractivity contribution in [2.75, 3.05) is 0 Å². The SMILES string of the molecule is CCC(C)(C)NC(=O)c1cnc(C)cc1C. The van der Waals surface area contributed by atoms with E-state index in [1.807, 2.05) is 33.8 Å². The van der Waals surface area contributed by atoms with Crippen molar-refractivity contribution in [2.24, 2.45) is 0 Å². The van der Waals surface area contributed by atoms with Crippen LogP contribution in [0, 0.1) is 13.8 Å². The van der Waals surface area contributed by atoms with Gasteiger partial charge >= 0.3 is 0 Å². The van der Waals surface area contributed by atoms with E-state index in [1.165, 1.54) is 0 Å². The summed E-state index contributed by atoms with van der Waals surface area (Å²) in [7, 11) is 0. The molecule has 0 fully saturated rings. The number of carbonyl (C=O) groups is 1. The first-order valence-corrected chi connectivity index (χ1v) is 5.61. The summed E-state index contributed by atoms with van der Waals surface area (Å²) in [4.78, 5) is 16.2. The lowest BCUT2D eigenvalue weighted by molar-refractivity contribution is 0.0910. The molecule has 3 heteroatoms. The van der Waals surface area contributed by atoms with Gasteiger partial charge in [0.2, 0.25) is 0 Å². The van der Waals surface area contributed by atoms with E-state index in [0.29, 0.717) is 5.56 Å². The van der Waals surface area contributed by atoms with Crippen LogP contribution in [0.4, 0.5) is 0 Å². The number of pyridine rings is 1. The van der Waals surface area contributed by atoms with Gasteiger partial charge in [-0.1, -0.05) is 6.92 Å². The molecule has 0 aliphatic rings. The van der Waals surface area contributed by atoms with Crippen LogP contribution in [0.15, 0.2) is 12.3 Å². The molecule has 88 valence electrons. The van der Waals surface area contributed by atoms with E-state index in [0.717, 1.165) is 17.7 Å². The first kappa shape index (κ1) is 12.7. The fourth-order valence-corrected chi connectivity index (χ4v) is 1.40. The molecule has 1 aromatic heterocycles. The topological polar surface area (TPSA) is 42.0 Å². The zero-order chi connectivity index (χ0) is 12.3. The average Bonchev–Trinajstić information content (AvgIpc) is 2.16. The van der Waals surface area contributed by atoms with Crippen molar-refractivity contribution < 1.29 is 4.79 Å². The van der Waals surface area contributed by atoms with Crippen LogP contribution >= 0.6 is 0 Å². The highest BCUT2D eigenvalue weighted by atomic mass is 16.1. The summed E-state index contributed by atoms with van der Waals surface area (Å²) in [6, 6.07) is 1.92. The number of rotatable bonds is 3. The Labute approximate surface area is 97.3 Å². The van der Waals surface area contributed by atoms with E-state index in [2.05, 4.69) is 17.2 Å². The van der Waals surface area contributed by atoms with Crippen molar-refractivity contribution in [3.63, 3.8) is 0 Å². The Hall–Kier alpha value is -1.38. The number of carbonyl (C=O) groups excluding carboxylic acids is 1. The lowest BCUT2D eigenvalue weighted by atomic mass is 10.0. The minimum Gasteiger partial charge on any atom is -0.347 e. The Morgan fingerprint density at radius 3 is 2.56 bits per heavy atom. The maximum absolute atomic E-state index is 12.0. The van der Waals surface area contributed by atoms with Crippen molar-refractivity contribution in [1.29, 1.82) is 0 Å². The van der Waals surface area contributed by atoms with E-state index in [4.69, 9.17) is 0 Å². The number of aryl methyl sites for hydroxylation is 2. The van der Waals surface area contributed by atoms with Gasteiger partial charge in [-0.2, -0.15) is 0 Å². The van der Waals surface area contributed by atoms with Crippen LogP contribution in [-0.4, -0.2) is 16.4 Å². The largest absolute Gasteiger partial charge is 0.347 e. The van der Waals surface area contributed by atoms with Crippen LogP contribution < -0.4 is 5.32 Å². The van der Waals surface area contributed by atoms with Gasteiger partial charge in [0.15, 0.2) is 0 Å². The number of nitrogens with zero attached hydrogens (tertiary/aromatic N) is 1. The second-order valence-electron chi connectivity index (χ2n) is 4.83. The van der Waals surface area contributed by atoms with Crippen molar-refractivity contribution in [3.8, 4) is 0 Å². The second kappa shape index (κ2) is 4.64. The predicted molar refractivity (Wildman–Crippen MR) is 65.5 cm³/mol. The quantitative estimate of drug-likeness (QED) is 0.850. The monoisotopic (exact) mass is 220 g/mol. The predicted octanol–water partition coefficient (Wildman–Crippen LogP) is 2.62. The first-order valence-electron chi connectivity index (χ1n) is 5.61. The molecule has 0 radical (unpaired) electrons. The molecule has 0 saturated heterocycles. The molecule has 1 amide bonds. The number of nitrogens with one attached hydrogen (secondary N) is 1. The van der Waals surface area contributed by atoms with Crippen molar-refractivity contribution >= 4 is 5.91 Å². The molecule has 0 aromatic carbocycles. The van der Waals surface area contributed by atoms with Crippen LogP contribution in [0.5, 0.6) is 0 Å². The fourth-order valence-electron chi connectivity index (χ4n) is 1.40. The van der Waals surface area contributed by atoms with Gasteiger partial charge in [0.05, 0.1) is 5.56 Å². The normalized spacial score (nSPS) is 11.3. The van der Waals surface area contributed by atoms with E-state index < -0.39 is 0 Å². The van der Waals surface area contributed by atoms with E-state index in [-0.39, 0.29) is 11.4 Å². The third-order valence-corrected chi connectivity index (χ3v) is 2.83. The van der Waals surface area contributed by atoms with Gasteiger partial charge in [0.25, 0.3) is 5.91 Å². The van der Waals surface area contributed by atoms with Gasteiger partial charge in [-0.05, 0) is 45.7 Å². The third kappa shape index (κ3) is 3.05. The first-order chi connectivity index (χ1) is 7.35. The van der Waals surface area contributed by atoms with Gasteiger partial charge < -0.3 is 5.32 Å². The van der Waals surface area contributed by atoms with Gasteiger partial charge in [0.1, 0.15) is 0 Å². The smallest absolute Gasteiger partial charge is 0.253 e. The van der Waals surface area contributed by atoms with Crippen LogP contribution in [0.3, 0.4) is 0 Å². The lowest BCUT2D eigenvalue weighted by Gasteiger charge is -2.24. The van der Waals surface area contributed by atoms with E-state index >= 15 is 0 Å². The van der Waals surface area contributed by atoms with Crippen LogP contribution in [0.2, 0.25) is 0 Å². The molecule has 1 N–H and O–H groups in total. The molecule has 0 unspecified atom stereocenters. The number of hydrogen-bond donors (Lipinski definition) is 1. The third-order valence-electron chi connectivity index (χ3n) is 2.83. The summed E-state index contributed by atoms with van der Waals surface area (Å²) < 4.78 is 0. The van der Waals surface area contributed by atoms with Gasteiger partial charge in [-0.15, -0.1) is 0 Å². The lowest BCUT2D eigenvalue weighted by Crippen LogP contribution is -2.43. The summed E-state index contributed by atoms with van der Waals surface area (Å²) in [5, 5.41) is 3.00. The molecular weight excluding hydrogens is 200 g/mol. The highest BCUT2D eigenvalue weighted by Gasteiger charge is 2.19. The summed E-state index contributed by atoms with van der Waals surface area (Å²) in [6.07, 6.45) is 2.54. The zero-order valence-corrected chi connectivity index (χ0v) is 10.7. The highest BCUT2D eigenvalue weighted by molar-refractivity contribution is 5.95. The molecule has 16 heavy (non-hydrogen) atoms. The summed E-state index contributed by atoms with van der Waals surface area (Å²) in [5.41, 5.74) is 2.39. The standard InChI is InChI=1S/C13H20N2O/c1-6-13(4,5)15-12(16)11-8-14-10(3)7-9(11)2/h7-8H,6H2,1-5H3,(H,15,16). The fraction of sp³-hybridized carbons (Fsp3) is 0.538. The highest BCUT2D eigenvalue weighted by Crippen LogP contribution is 2.12. The van der Waals surface area contributed by atoms with Crippen molar-refractivity contribution in [2.45, 2.75) is 46.6 Å².